The van der Waals surface area contributed by atoms with Crippen molar-refractivity contribution >= 4 is 11.6 Å². The second kappa shape index (κ2) is 6.47. The van der Waals surface area contributed by atoms with Crippen molar-refractivity contribution in [2.45, 2.75) is 44.4 Å². The van der Waals surface area contributed by atoms with Gasteiger partial charge in [0.25, 0.3) is 0 Å². The van der Waals surface area contributed by atoms with E-state index in [1.165, 1.54) is 0 Å². The van der Waals surface area contributed by atoms with Gasteiger partial charge in [-0.05, 0) is 56.7 Å². The van der Waals surface area contributed by atoms with Crippen molar-refractivity contribution < 1.29 is 9.63 Å². The van der Waals surface area contributed by atoms with E-state index in [2.05, 4.69) is 22.1 Å². The Kier molecular flexibility index (Phi) is 4.33. The normalized spacial score (nSPS) is 29.3. The minimum absolute atomic E-state index is 0.0830. The van der Waals surface area contributed by atoms with Crippen LogP contribution in [-0.4, -0.2) is 39.3 Å². The molecule has 0 amide bonds. The zero-order chi connectivity index (χ0) is 16.7. The molecule has 0 bridgehead atoms. The van der Waals surface area contributed by atoms with E-state index >= 15 is 0 Å². The van der Waals surface area contributed by atoms with Crippen molar-refractivity contribution in [2.24, 2.45) is 11.8 Å². The number of rotatable bonds is 4. The highest BCUT2D eigenvalue weighted by Gasteiger charge is 2.42. The summed E-state index contributed by atoms with van der Waals surface area (Å²) in [5.74, 6) is 2.50. The molecule has 4 rings (SSSR count). The molecule has 0 saturated heterocycles. The lowest BCUT2D eigenvalue weighted by atomic mass is 10.0. The number of aromatic nitrogens is 2. The molecular weight excluding hydrogens is 326 g/mol. The second-order valence-electron chi connectivity index (χ2n) is 7.18. The van der Waals surface area contributed by atoms with Crippen LogP contribution in [0.2, 0.25) is 5.02 Å². The van der Waals surface area contributed by atoms with E-state index in [1.54, 1.807) is 0 Å². The maximum Gasteiger partial charge on any atom is 0.241 e. The minimum Gasteiger partial charge on any atom is -0.393 e. The number of nitrogens with zero attached hydrogens (tertiary/aromatic N) is 3. The molecule has 6 heteroatoms. The number of aliphatic hydroxyl groups is 1. The summed E-state index contributed by atoms with van der Waals surface area (Å²) in [6.07, 6.45) is 4.16. The molecule has 2 aliphatic carbocycles. The third kappa shape index (κ3) is 3.08. The van der Waals surface area contributed by atoms with Crippen LogP contribution in [0.15, 0.2) is 28.8 Å². The summed E-state index contributed by atoms with van der Waals surface area (Å²) in [4.78, 5) is 6.79. The van der Waals surface area contributed by atoms with E-state index in [0.717, 1.165) is 31.2 Å². The summed E-state index contributed by atoms with van der Waals surface area (Å²) in [5, 5.41) is 14.5. The lowest BCUT2D eigenvalue weighted by Gasteiger charge is -2.23. The fraction of sp³-hybridized carbons (Fsp3) is 0.556. The van der Waals surface area contributed by atoms with Crippen LogP contribution in [0.5, 0.6) is 0 Å². The Morgan fingerprint density at radius 1 is 1.21 bits per heavy atom. The van der Waals surface area contributed by atoms with Crippen LogP contribution in [-0.2, 0) is 6.54 Å². The van der Waals surface area contributed by atoms with Crippen LogP contribution in [0.3, 0.4) is 0 Å². The van der Waals surface area contributed by atoms with Crippen molar-refractivity contribution in [1.82, 2.24) is 15.0 Å². The first-order valence-electron chi connectivity index (χ1n) is 8.56. The van der Waals surface area contributed by atoms with Crippen molar-refractivity contribution in [3.05, 3.63) is 35.2 Å². The summed E-state index contributed by atoms with van der Waals surface area (Å²) >= 11 is 6.19. The first-order chi connectivity index (χ1) is 11.6. The van der Waals surface area contributed by atoms with Gasteiger partial charge in [0.15, 0.2) is 0 Å². The van der Waals surface area contributed by atoms with Gasteiger partial charge in [0, 0.05) is 11.6 Å². The fourth-order valence-corrected chi connectivity index (χ4v) is 4.55. The molecule has 2 saturated carbocycles. The molecule has 5 nitrogen and oxygen atoms in total. The Morgan fingerprint density at radius 2 is 1.92 bits per heavy atom. The summed E-state index contributed by atoms with van der Waals surface area (Å²) in [7, 11) is 2.11. The highest BCUT2D eigenvalue weighted by Crippen LogP contribution is 2.45. The highest BCUT2D eigenvalue weighted by atomic mass is 35.5. The number of benzene rings is 1. The van der Waals surface area contributed by atoms with E-state index in [0.29, 0.717) is 41.2 Å². The molecule has 24 heavy (non-hydrogen) atoms. The van der Waals surface area contributed by atoms with Crippen LogP contribution in [0.4, 0.5) is 0 Å². The van der Waals surface area contributed by atoms with Crippen LogP contribution in [0.25, 0.3) is 11.4 Å². The molecule has 0 aliphatic heterocycles. The predicted octanol–water partition coefficient (Wildman–Crippen LogP) is 3.37. The summed E-state index contributed by atoms with van der Waals surface area (Å²) in [6.45, 7) is 0.643. The van der Waals surface area contributed by atoms with E-state index in [1.807, 2.05) is 24.3 Å². The number of hydrogen-bond donors (Lipinski definition) is 1. The van der Waals surface area contributed by atoms with Gasteiger partial charge in [-0.25, -0.2) is 0 Å². The standard InChI is InChI=1S/C18H22ClN3O2/c1-22(13-6-11-8-14(23)9-12(11)7-13)10-17-20-18(21-24-17)15-4-2-3-5-16(15)19/h2-5,11-14,23H,6-10H2,1H3/t11-,12+,13?,14?. The summed E-state index contributed by atoms with van der Waals surface area (Å²) in [6, 6.07) is 8.04. The third-order valence-corrected chi connectivity index (χ3v) is 5.89. The monoisotopic (exact) mass is 347 g/mol. The molecule has 1 aromatic heterocycles. The average molecular weight is 348 g/mol. The Hall–Kier alpha value is -1.43. The van der Waals surface area contributed by atoms with Gasteiger partial charge in [-0.15, -0.1) is 0 Å². The molecule has 4 atom stereocenters. The zero-order valence-electron chi connectivity index (χ0n) is 13.7. The fourth-order valence-electron chi connectivity index (χ4n) is 4.33. The number of fused-ring (bicyclic) bond motifs is 1. The van der Waals surface area contributed by atoms with Crippen molar-refractivity contribution in [3.63, 3.8) is 0 Å². The molecular formula is C18H22ClN3O2. The van der Waals surface area contributed by atoms with Crippen LogP contribution >= 0.6 is 11.6 Å². The molecule has 2 aliphatic rings. The van der Waals surface area contributed by atoms with Crippen LogP contribution in [0.1, 0.15) is 31.6 Å². The lowest BCUT2D eigenvalue weighted by Crippen LogP contribution is -2.30. The topological polar surface area (TPSA) is 62.4 Å². The quantitative estimate of drug-likeness (QED) is 0.918. The van der Waals surface area contributed by atoms with Gasteiger partial charge in [-0.3, -0.25) is 4.90 Å². The van der Waals surface area contributed by atoms with E-state index in [9.17, 15) is 5.11 Å². The maximum absolute atomic E-state index is 9.77. The van der Waals surface area contributed by atoms with E-state index in [-0.39, 0.29) is 6.10 Å². The zero-order valence-corrected chi connectivity index (χ0v) is 14.5. The maximum atomic E-state index is 9.77. The van der Waals surface area contributed by atoms with Gasteiger partial charge < -0.3 is 9.63 Å². The third-order valence-electron chi connectivity index (χ3n) is 5.56. The Morgan fingerprint density at radius 3 is 2.62 bits per heavy atom. The molecule has 0 radical (unpaired) electrons. The average Bonchev–Trinajstić information content (AvgIpc) is 3.22. The molecule has 1 heterocycles. The largest absolute Gasteiger partial charge is 0.393 e. The molecule has 2 fully saturated rings. The van der Waals surface area contributed by atoms with Gasteiger partial charge in [0.1, 0.15) is 0 Å². The van der Waals surface area contributed by atoms with Gasteiger partial charge in [0.2, 0.25) is 11.7 Å². The molecule has 0 spiro atoms. The summed E-state index contributed by atoms with van der Waals surface area (Å²) < 4.78 is 5.41. The highest BCUT2D eigenvalue weighted by molar-refractivity contribution is 6.33. The first-order valence-corrected chi connectivity index (χ1v) is 8.93. The van der Waals surface area contributed by atoms with Crippen LogP contribution in [0, 0.1) is 11.8 Å². The molecule has 2 unspecified atom stereocenters. The molecule has 2 aromatic rings. The Bertz CT molecular complexity index is 706. The molecule has 1 N–H and O–H groups in total. The van der Waals surface area contributed by atoms with E-state index < -0.39 is 0 Å². The number of aliphatic hydroxyl groups excluding tert-OH is 1. The van der Waals surface area contributed by atoms with E-state index in [4.69, 9.17) is 16.1 Å². The van der Waals surface area contributed by atoms with Crippen LogP contribution < -0.4 is 0 Å². The van der Waals surface area contributed by atoms with Crippen molar-refractivity contribution in [1.29, 1.82) is 0 Å². The number of hydrogen-bond acceptors (Lipinski definition) is 5. The lowest BCUT2D eigenvalue weighted by molar-refractivity contribution is 0.153. The Balaban J connectivity index is 1.41. The summed E-state index contributed by atoms with van der Waals surface area (Å²) in [5.41, 5.74) is 0.793. The van der Waals surface area contributed by atoms with Gasteiger partial charge in [-0.2, -0.15) is 4.98 Å². The molecule has 128 valence electrons. The van der Waals surface area contributed by atoms with Gasteiger partial charge in [0.05, 0.1) is 17.7 Å². The predicted molar refractivity (Wildman–Crippen MR) is 91.5 cm³/mol. The SMILES string of the molecule is CN(Cc1nc(-c2ccccc2Cl)no1)C1C[C@H]2CC(O)C[C@H]2C1. The van der Waals surface area contributed by atoms with Crippen molar-refractivity contribution in [2.75, 3.05) is 7.05 Å². The van der Waals surface area contributed by atoms with Gasteiger partial charge in [-0.1, -0.05) is 28.9 Å². The van der Waals surface area contributed by atoms with Gasteiger partial charge >= 0.3 is 0 Å². The Labute approximate surface area is 146 Å². The number of halogens is 1. The first kappa shape index (κ1) is 16.1. The molecule has 1 aromatic carbocycles. The second-order valence-corrected chi connectivity index (χ2v) is 7.58. The smallest absolute Gasteiger partial charge is 0.241 e. The minimum atomic E-state index is -0.0830. The van der Waals surface area contributed by atoms with Crippen molar-refractivity contribution in [3.8, 4) is 11.4 Å².